The Hall–Kier alpha value is 0. The summed E-state index contributed by atoms with van der Waals surface area (Å²) in [6, 6.07) is 0. The molecule has 0 heterocycles. The molecule has 5 aliphatic rings. The Labute approximate surface area is 182 Å². The third kappa shape index (κ3) is 2.62. The van der Waals surface area contributed by atoms with E-state index in [2.05, 4.69) is 48.5 Å². The summed E-state index contributed by atoms with van der Waals surface area (Å²) in [6.07, 6.45) is 16.8. The molecule has 0 amide bonds. The fraction of sp³-hybridized carbons (Fsp3) is 1.00. The molecule has 5 saturated carbocycles. The van der Waals surface area contributed by atoms with Gasteiger partial charge in [0.05, 0.1) is 0 Å². The maximum Gasteiger partial charge on any atom is -0.0235 e. The normalized spacial score (nSPS) is 56.3. The molecule has 0 nitrogen and oxygen atoms in total. The van der Waals surface area contributed by atoms with Gasteiger partial charge in [-0.05, 0) is 127 Å². The van der Waals surface area contributed by atoms with E-state index in [1.807, 2.05) is 0 Å². The van der Waals surface area contributed by atoms with Crippen LogP contribution in [0.3, 0.4) is 0 Å². The summed E-state index contributed by atoms with van der Waals surface area (Å²) in [5.74, 6) is 7.00. The van der Waals surface area contributed by atoms with Gasteiger partial charge in [-0.3, -0.25) is 0 Å². The van der Waals surface area contributed by atoms with E-state index in [0.717, 1.165) is 41.4 Å². The fourth-order valence-corrected chi connectivity index (χ4v) is 11.5. The van der Waals surface area contributed by atoms with Crippen LogP contribution in [0.25, 0.3) is 0 Å². The summed E-state index contributed by atoms with van der Waals surface area (Å²) in [5.41, 5.74) is 2.36. The van der Waals surface area contributed by atoms with Gasteiger partial charge >= 0.3 is 0 Å². The first-order chi connectivity index (χ1) is 13.5. The monoisotopic (exact) mass is 398 g/mol. The summed E-state index contributed by atoms with van der Waals surface area (Å²) in [4.78, 5) is 0. The van der Waals surface area contributed by atoms with Crippen LogP contribution < -0.4 is 0 Å². The smallest absolute Gasteiger partial charge is 0.0235 e. The van der Waals surface area contributed by atoms with E-state index in [4.69, 9.17) is 0 Å². The Kier molecular flexibility index (Phi) is 4.69. The molecule has 0 heteroatoms. The molecule has 0 aromatic rings. The molecule has 0 bridgehead atoms. The van der Waals surface area contributed by atoms with Crippen molar-refractivity contribution < 1.29 is 0 Å². The highest BCUT2D eigenvalue weighted by Gasteiger charge is 2.68. The van der Waals surface area contributed by atoms with Gasteiger partial charge in [0.15, 0.2) is 0 Å². The Balaban J connectivity index is 1.52. The van der Waals surface area contributed by atoms with Crippen LogP contribution >= 0.6 is 0 Å². The van der Waals surface area contributed by atoms with Gasteiger partial charge in [-0.1, -0.05) is 54.9 Å². The summed E-state index contributed by atoms with van der Waals surface area (Å²) in [7, 11) is 0. The molecule has 0 radical (unpaired) electrons. The van der Waals surface area contributed by atoms with Gasteiger partial charge in [0.1, 0.15) is 0 Å². The van der Waals surface area contributed by atoms with Crippen molar-refractivity contribution in [2.45, 2.75) is 119 Å². The summed E-state index contributed by atoms with van der Waals surface area (Å²) in [6.45, 7) is 18.7. The second-order valence-electron chi connectivity index (χ2n) is 14.4. The summed E-state index contributed by atoms with van der Waals surface area (Å²) >= 11 is 0. The molecule has 0 aliphatic heterocycles. The van der Waals surface area contributed by atoms with Gasteiger partial charge in [-0.2, -0.15) is 0 Å². The van der Waals surface area contributed by atoms with Crippen LogP contribution in [0.5, 0.6) is 0 Å². The minimum atomic E-state index is 0.567. The van der Waals surface area contributed by atoms with Gasteiger partial charge in [0.2, 0.25) is 0 Å². The third-order valence-electron chi connectivity index (χ3n) is 12.9. The van der Waals surface area contributed by atoms with E-state index >= 15 is 0 Å². The fourth-order valence-electron chi connectivity index (χ4n) is 11.5. The highest BCUT2D eigenvalue weighted by molar-refractivity contribution is 5.17. The molecule has 5 rings (SSSR count). The summed E-state index contributed by atoms with van der Waals surface area (Å²) < 4.78 is 0. The van der Waals surface area contributed by atoms with E-state index < -0.39 is 0 Å². The number of hydrogen-bond donors (Lipinski definition) is 0. The lowest BCUT2D eigenvalue weighted by Gasteiger charge is -2.72. The Morgan fingerprint density at radius 1 is 0.655 bits per heavy atom. The van der Waals surface area contributed by atoms with E-state index in [-0.39, 0.29) is 0 Å². The molecule has 0 aromatic heterocycles. The highest BCUT2D eigenvalue weighted by atomic mass is 14.7. The molecule has 0 unspecified atom stereocenters. The first-order valence-corrected chi connectivity index (χ1v) is 13.5. The maximum atomic E-state index is 2.81. The number of fused-ring (bicyclic) bond motifs is 7. The number of hydrogen-bond acceptors (Lipinski definition) is 0. The van der Waals surface area contributed by atoms with Gasteiger partial charge < -0.3 is 0 Å². The van der Waals surface area contributed by atoms with Crippen LogP contribution in [0, 0.1) is 63.1 Å². The molecule has 5 aliphatic carbocycles. The lowest BCUT2D eigenvalue weighted by molar-refractivity contribution is -0.229. The van der Waals surface area contributed by atoms with Crippen molar-refractivity contribution in [2.24, 2.45) is 63.1 Å². The first-order valence-electron chi connectivity index (χ1n) is 13.5. The van der Waals surface area contributed by atoms with Crippen molar-refractivity contribution in [3.8, 4) is 0 Å². The minimum absolute atomic E-state index is 0.567. The molecule has 166 valence electrons. The molecular formula is C29H50. The second-order valence-corrected chi connectivity index (χ2v) is 14.4. The second kappa shape index (κ2) is 6.51. The molecule has 0 N–H and O–H groups in total. The predicted molar refractivity (Wildman–Crippen MR) is 125 cm³/mol. The van der Waals surface area contributed by atoms with Crippen molar-refractivity contribution in [3.05, 3.63) is 0 Å². The van der Waals surface area contributed by atoms with E-state index in [0.29, 0.717) is 21.7 Å². The SMILES string of the molecule is CC(C)[C@@H]1CC[C@H]2CC[C@]3(C)[C@H](CC[C@@H]4[C@@]5(C)CCCC(C)(C)[C@@H]5CC[C@]43C)[C@H]21. The Morgan fingerprint density at radius 3 is 2.10 bits per heavy atom. The van der Waals surface area contributed by atoms with Crippen molar-refractivity contribution >= 4 is 0 Å². The van der Waals surface area contributed by atoms with Crippen LogP contribution in [0.2, 0.25) is 0 Å². The van der Waals surface area contributed by atoms with Crippen LogP contribution in [0.15, 0.2) is 0 Å². The third-order valence-corrected chi connectivity index (χ3v) is 12.9. The lowest BCUT2D eigenvalue weighted by atomic mass is 9.33. The lowest BCUT2D eigenvalue weighted by Crippen LogP contribution is -2.64. The molecule has 5 fully saturated rings. The van der Waals surface area contributed by atoms with E-state index in [1.165, 1.54) is 38.5 Å². The minimum Gasteiger partial charge on any atom is -0.0625 e. The van der Waals surface area contributed by atoms with Gasteiger partial charge in [0.25, 0.3) is 0 Å². The molecule has 29 heavy (non-hydrogen) atoms. The summed E-state index contributed by atoms with van der Waals surface area (Å²) in [5, 5.41) is 0. The Morgan fingerprint density at radius 2 is 1.38 bits per heavy atom. The zero-order valence-corrected chi connectivity index (χ0v) is 20.8. The molecular weight excluding hydrogens is 348 g/mol. The largest absolute Gasteiger partial charge is 0.0625 e. The molecule has 9 atom stereocenters. The van der Waals surface area contributed by atoms with Gasteiger partial charge in [-0.25, -0.2) is 0 Å². The predicted octanol–water partition coefficient (Wildman–Crippen LogP) is 8.74. The topological polar surface area (TPSA) is 0 Å². The highest BCUT2D eigenvalue weighted by Crippen LogP contribution is 2.76. The van der Waals surface area contributed by atoms with Gasteiger partial charge in [0, 0.05) is 0 Å². The van der Waals surface area contributed by atoms with E-state index in [9.17, 15) is 0 Å². The van der Waals surface area contributed by atoms with Crippen molar-refractivity contribution in [3.63, 3.8) is 0 Å². The molecule has 0 saturated heterocycles. The van der Waals surface area contributed by atoms with Crippen molar-refractivity contribution in [1.82, 2.24) is 0 Å². The average molecular weight is 399 g/mol. The standard InChI is InChI=1S/C29H50/c1-19(2)21-10-9-20-13-17-28(6)22(25(20)21)11-12-24-27(5)16-8-15-26(3,4)23(27)14-18-29(24,28)7/h19-25H,8-18H2,1-7H3/t20-,21-,22+,23-,24+,25+,27-,28+,29+/m0/s1. The van der Waals surface area contributed by atoms with E-state index in [1.54, 1.807) is 32.1 Å². The van der Waals surface area contributed by atoms with Crippen LogP contribution in [-0.4, -0.2) is 0 Å². The maximum absolute atomic E-state index is 2.81. The zero-order valence-electron chi connectivity index (χ0n) is 20.8. The quantitative estimate of drug-likeness (QED) is 0.414. The number of rotatable bonds is 1. The van der Waals surface area contributed by atoms with Gasteiger partial charge in [-0.15, -0.1) is 0 Å². The van der Waals surface area contributed by atoms with Crippen LogP contribution in [-0.2, 0) is 0 Å². The van der Waals surface area contributed by atoms with Crippen molar-refractivity contribution in [1.29, 1.82) is 0 Å². The first kappa shape index (κ1) is 20.9. The van der Waals surface area contributed by atoms with Crippen molar-refractivity contribution in [2.75, 3.05) is 0 Å². The average Bonchev–Trinajstić information content (AvgIpc) is 3.06. The van der Waals surface area contributed by atoms with Crippen LogP contribution in [0.1, 0.15) is 119 Å². The molecule has 0 spiro atoms. The zero-order chi connectivity index (χ0) is 20.8. The molecule has 0 aromatic carbocycles. The van der Waals surface area contributed by atoms with Crippen LogP contribution in [0.4, 0.5) is 0 Å². The Bertz CT molecular complexity index is 644.